The molecule has 1 fully saturated rings. The maximum atomic E-state index is 12.0. The first-order valence-corrected chi connectivity index (χ1v) is 7.47. The largest absolute Gasteiger partial charge is 0.481 e. The van der Waals surface area contributed by atoms with Gasteiger partial charge < -0.3 is 5.11 Å². The summed E-state index contributed by atoms with van der Waals surface area (Å²) in [7, 11) is 0. The molecule has 1 aliphatic carbocycles. The van der Waals surface area contributed by atoms with E-state index in [1.54, 1.807) is 18.2 Å². The minimum Gasteiger partial charge on any atom is -0.481 e. The molecule has 1 unspecified atom stereocenters. The molecular weight excluding hydrogens is 283 g/mol. The lowest BCUT2D eigenvalue weighted by atomic mass is 9.67. The van der Waals surface area contributed by atoms with Gasteiger partial charge in [0.1, 0.15) is 0 Å². The molecule has 0 amide bonds. The van der Waals surface area contributed by atoms with E-state index in [4.69, 9.17) is 23.2 Å². The van der Waals surface area contributed by atoms with Gasteiger partial charge in [0, 0.05) is 10.0 Å². The van der Waals surface area contributed by atoms with Crippen LogP contribution in [0.3, 0.4) is 0 Å². The number of benzene rings is 1. The smallest absolute Gasteiger partial charge is 0.314 e. The zero-order valence-corrected chi connectivity index (χ0v) is 12.5. The third kappa shape index (κ3) is 2.48. The molecule has 0 heterocycles. The highest BCUT2D eigenvalue weighted by molar-refractivity contribution is 6.35. The lowest BCUT2D eigenvalue weighted by Crippen LogP contribution is -2.42. The topological polar surface area (TPSA) is 37.3 Å². The van der Waals surface area contributed by atoms with Gasteiger partial charge in [-0.15, -0.1) is 0 Å². The molecule has 0 radical (unpaired) electrons. The molecule has 19 heavy (non-hydrogen) atoms. The number of rotatable bonds is 4. The monoisotopic (exact) mass is 300 g/mol. The van der Waals surface area contributed by atoms with E-state index in [0.717, 1.165) is 25.7 Å². The quantitative estimate of drug-likeness (QED) is 0.857. The summed E-state index contributed by atoms with van der Waals surface area (Å²) in [5, 5.41) is 10.8. The Morgan fingerprint density at radius 2 is 2.00 bits per heavy atom. The first kappa shape index (κ1) is 14.7. The zero-order valence-electron chi connectivity index (χ0n) is 11.0. The van der Waals surface area contributed by atoms with Gasteiger partial charge in [0.15, 0.2) is 0 Å². The van der Waals surface area contributed by atoms with E-state index in [0.29, 0.717) is 22.0 Å². The molecule has 1 aromatic rings. The normalized spacial score (nSPS) is 19.3. The molecule has 2 nitrogen and oxygen atoms in total. The van der Waals surface area contributed by atoms with Crippen LogP contribution in [0.25, 0.3) is 0 Å². The summed E-state index contributed by atoms with van der Waals surface area (Å²) in [5.74, 6) is -0.611. The van der Waals surface area contributed by atoms with Gasteiger partial charge in [-0.1, -0.05) is 49.0 Å². The molecule has 104 valence electrons. The Balaban J connectivity index is 2.56. The highest BCUT2D eigenvalue weighted by atomic mass is 35.5. The predicted octanol–water partition coefficient (Wildman–Crippen LogP) is 4.92. The third-order valence-corrected chi connectivity index (χ3v) is 4.95. The van der Waals surface area contributed by atoms with E-state index in [1.165, 1.54) is 0 Å². The van der Waals surface area contributed by atoms with Gasteiger partial charge in [-0.05, 0) is 42.9 Å². The summed E-state index contributed by atoms with van der Waals surface area (Å²) < 4.78 is 0. The van der Waals surface area contributed by atoms with Crippen molar-refractivity contribution in [3.05, 3.63) is 33.8 Å². The van der Waals surface area contributed by atoms with E-state index in [9.17, 15) is 9.90 Å². The second kappa shape index (κ2) is 5.72. The highest BCUT2D eigenvalue weighted by Gasteiger charge is 2.47. The summed E-state index contributed by atoms with van der Waals surface area (Å²) in [6, 6.07) is 5.15. The van der Waals surface area contributed by atoms with E-state index >= 15 is 0 Å². The number of carboxylic acids is 1. The number of aliphatic carboxylic acids is 1. The molecule has 1 atom stereocenters. The Morgan fingerprint density at radius 3 is 2.47 bits per heavy atom. The summed E-state index contributed by atoms with van der Waals surface area (Å²) in [4.78, 5) is 12.0. The summed E-state index contributed by atoms with van der Waals surface area (Å²) in [6.07, 6.45) is 4.67. The Kier molecular flexibility index (Phi) is 4.42. The van der Waals surface area contributed by atoms with Crippen LogP contribution < -0.4 is 0 Å². The van der Waals surface area contributed by atoms with Crippen molar-refractivity contribution < 1.29 is 9.90 Å². The molecule has 1 saturated carbocycles. The van der Waals surface area contributed by atoms with Crippen molar-refractivity contribution in [1.29, 1.82) is 0 Å². The van der Waals surface area contributed by atoms with Crippen molar-refractivity contribution in [2.24, 2.45) is 5.92 Å². The fraction of sp³-hybridized carbons (Fsp3) is 0.533. The average Bonchev–Trinajstić information content (AvgIpc) is 2.87. The van der Waals surface area contributed by atoms with Gasteiger partial charge in [0.2, 0.25) is 0 Å². The zero-order chi connectivity index (χ0) is 14.0. The number of halogens is 2. The van der Waals surface area contributed by atoms with Gasteiger partial charge >= 0.3 is 5.97 Å². The van der Waals surface area contributed by atoms with E-state index in [-0.39, 0.29) is 5.92 Å². The van der Waals surface area contributed by atoms with Crippen LogP contribution in [0.15, 0.2) is 18.2 Å². The number of hydrogen-bond donors (Lipinski definition) is 1. The molecule has 1 N–H and O–H groups in total. The van der Waals surface area contributed by atoms with Crippen molar-refractivity contribution in [2.75, 3.05) is 0 Å². The van der Waals surface area contributed by atoms with Crippen molar-refractivity contribution in [3.63, 3.8) is 0 Å². The van der Waals surface area contributed by atoms with Gasteiger partial charge in [-0.3, -0.25) is 4.79 Å². The van der Waals surface area contributed by atoms with Crippen LogP contribution in [-0.2, 0) is 10.2 Å². The van der Waals surface area contributed by atoms with Crippen molar-refractivity contribution in [3.8, 4) is 0 Å². The van der Waals surface area contributed by atoms with Gasteiger partial charge in [0.25, 0.3) is 0 Å². The molecule has 0 saturated heterocycles. The van der Waals surface area contributed by atoms with Crippen molar-refractivity contribution in [2.45, 2.75) is 44.4 Å². The van der Waals surface area contributed by atoms with E-state index in [2.05, 4.69) is 0 Å². The van der Waals surface area contributed by atoms with Gasteiger partial charge in [-0.2, -0.15) is 0 Å². The van der Waals surface area contributed by atoms with Crippen LogP contribution in [0.2, 0.25) is 10.0 Å². The van der Waals surface area contributed by atoms with Crippen molar-refractivity contribution in [1.82, 2.24) is 0 Å². The average molecular weight is 301 g/mol. The van der Waals surface area contributed by atoms with Gasteiger partial charge in [-0.25, -0.2) is 0 Å². The molecule has 0 bridgehead atoms. The predicted molar refractivity (Wildman–Crippen MR) is 78.0 cm³/mol. The number of carbonyl (C=O) groups is 1. The van der Waals surface area contributed by atoms with Crippen LogP contribution in [0.4, 0.5) is 0 Å². The Bertz CT molecular complexity index is 481. The Hall–Kier alpha value is -0.730. The summed E-state index contributed by atoms with van der Waals surface area (Å²) in [6.45, 7) is 1.93. The molecule has 0 aromatic heterocycles. The van der Waals surface area contributed by atoms with E-state index < -0.39 is 11.4 Å². The maximum Gasteiger partial charge on any atom is 0.314 e. The molecule has 2 rings (SSSR count). The van der Waals surface area contributed by atoms with Crippen LogP contribution in [0.1, 0.15) is 44.6 Å². The summed E-state index contributed by atoms with van der Waals surface area (Å²) in [5.41, 5.74) is -0.168. The second-order valence-corrected chi connectivity index (χ2v) is 6.08. The first-order valence-electron chi connectivity index (χ1n) is 6.71. The highest BCUT2D eigenvalue weighted by Crippen LogP contribution is 2.47. The SMILES string of the molecule is CCC(C(=O)O)(c1ccc(Cl)cc1Cl)C1CCCC1. The molecular formula is C15H18Cl2O2. The Labute approximate surface area is 123 Å². The minimum absolute atomic E-state index is 0.161. The van der Waals surface area contributed by atoms with E-state index in [1.807, 2.05) is 6.92 Å². The molecule has 1 aromatic carbocycles. The van der Waals surface area contributed by atoms with Gasteiger partial charge in [0.05, 0.1) is 5.41 Å². The number of carboxylic acid groups (broad SMARTS) is 1. The minimum atomic E-state index is -0.877. The lowest BCUT2D eigenvalue weighted by molar-refractivity contribution is -0.146. The fourth-order valence-corrected chi connectivity index (χ4v) is 3.99. The van der Waals surface area contributed by atoms with Crippen LogP contribution in [0.5, 0.6) is 0 Å². The first-order chi connectivity index (χ1) is 9.02. The molecule has 0 aliphatic heterocycles. The molecule has 1 aliphatic rings. The van der Waals surface area contributed by atoms with Crippen LogP contribution in [0, 0.1) is 5.92 Å². The van der Waals surface area contributed by atoms with Crippen LogP contribution >= 0.6 is 23.2 Å². The standard InChI is InChI=1S/C15H18Cl2O2/c1-2-15(14(18)19,10-5-3-4-6-10)12-8-7-11(16)9-13(12)17/h7-10H,2-6H2,1H3,(H,18,19). The summed E-state index contributed by atoms with van der Waals surface area (Å²) >= 11 is 12.2. The maximum absolute atomic E-state index is 12.0. The Morgan fingerprint density at radius 1 is 1.37 bits per heavy atom. The molecule has 4 heteroatoms. The molecule has 0 spiro atoms. The number of hydrogen-bond acceptors (Lipinski definition) is 1. The van der Waals surface area contributed by atoms with Crippen molar-refractivity contribution >= 4 is 29.2 Å². The lowest BCUT2D eigenvalue weighted by Gasteiger charge is -2.35. The second-order valence-electron chi connectivity index (χ2n) is 5.24. The fourth-order valence-electron chi connectivity index (χ4n) is 3.41. The third-order valence-electron chi connectivity index (χ3n) is 4.40. The van der Waals surface area contributed by atoms with Crippen LogP contribution in [-0.4, -0.2) is 11.1 Å².